The Morgan fingerprint density at radius 3 is 2.54 bits per heavy atom. The van der Waals surface area contributed by atoms with Gasteiger partial charge in [-0.1, -0.05) is 0 Å². The molecule has 2 bridgehead atoms. The SMILES string of the molecule is O=C(NO)c1cnc(N2CC3CC2CN3C(=O)OC2CCOCC2)nc1. The standard InChI is InChI=1S/C16H21N5O5/c22-14(19-24)10-6-17-15(18-7-10)20-8-12-5-11(20)9-21(12)16(23)26-13-1-3-25-4-2-13/h6-7,11-13,24H,1-5,8-9H2,(H,19,22). The second kappa shape index (κ2) is 7.04. The van der Waals surface area contributed by atoms with E-state index in [1.165, 1.54) is 12.4 Å². The molecule has 1 aromatic rings. The van der Waals surface area contributed by atoms with Gasteiger partial charge in [-0.05, 0) is 6.42 Å². The van der Waals surface area contributed by atoms with E-state index in [4.69, 9.17) is 14.7 Å². The maximum Gasteiger partial charge on any atom is 0.410 e. The number of nitrogens with zero attached hydrogens (tertiary/aromatic N) is 4. The summed E-state index contributed by atoms with van der Waals surface area (Å²) in [6.45, 7) is 2.49. The number of carbonyl (C=O) groups excluding carboxylic acids is 2. The van der Waals surface area contributed by atoms with Gasteiger partial charge in [-0.15, -0.1) is 0 Å². The zero-order chi connectivity index (χ0) is 18.1. The predicted molar refractivity (Wildman–Crippen MR) is 87.9 cm³/mol. The number of nitrogens with one attached hydrogen (secondary N) is 1. The van der Waals surface area contributed by atoms with Crippen molar-refractivity contribution in [1.29, 1.82) is 0 Å². The van der Waals surface area contributed by atoms with E-state index in [-0.39, 0.29) is 29.8 Å². The first-order valence-corrected chi connectivity index (χ1v) is 8.74. The van der Waals surface area contributed by atoms with Crippen molar-refractivity contribution in [2.45, 2.75) is 37.5 Å². The fourth-order valence-corrected chi connectivity index (χ4v) is 3.79. The minimum Gasteiger partial charge on any atom is -0.446 e. The van der Waals surface area contributed by atoms with Crippen molar-refractivity contribution in [3.05, 3.63) is 18.0 Å². The normalized spacial score (nSPS) is 25.4. The molecule has 0 aliphatic carbocycles. The first kappa shape index (κ1) is 17.0. The van der Waals surface area contributed by atoms with Crippen LogP contribution in [-0.2, 0) is 9.47 Å². The van der Waals surface area contributed by atoms with Crippen molar-refractivity contribution in [3.63, 3.8) is 0 Å². The number of anilines is 1. The molecular formula is C16H21N5O5. The number of carbonyl (C=O) groups is 2. The average molecular weight is 363 g/mol. The highest BCUT2D eigenvalue weighted by Crippen LogP contribution is 2.33. The van der Waals surface area contributed by atoms with Gasteiger partial charge in [-0.2, -0.15) is 0 Å². The van der Waals surface area contributed by atoms with Crippen LogP contribution in [0, 0.1) is 0 Å². The highest BCUT2D eigenvalue weighted by atomic mass is 16.6. The summed E-state index contributed by atoms with van der Waals surface area (Å²) < 4.78 is 10.9. The van der Waals surface area contributed by atoms with E-state index >= 15 is 0 Å². The van der Waals surface area contributed by atoms with Crippen molar-refractivity contribution in [1.82, 2.24) is 20.3 Å². The summed E-state index contributed by atoms with van der Waals surface area (Å²) in [7, 11) is 0. The topological polar surface area (TPSA) is 117 Å². The second-order valence-corrected chi connectivity index (χ2v) is 6.76. The summed E-state index contributed by atoms with van der Waals surface area (Å²) in [5.74, 6) is -0.133. The van der Waals surface area contributed by atoms with Crippen molar-refractivity contribution in [2.75, 3.05) is 31.2 Å². The van der Waals surface area contributed by atoms with Crippen LogP contribution in [0.5, 0.6) is 0 Å². The summed E-state index contributed by atoms with van der Waals surface area (Å²) in [4.78, 5) is 36.0. The van der Waals surface area contributed by atoms with Crippen LogP contribution in [0.4, 0.5) is 10.7 Å². The zero-order valence-electron chi connectivity index (χ0n) is 14.2. The first-order chi connectivity index (χ1) is 12.7. The number of aromatic nitrogens is 2. The Morgan fingerprint density at radius 2 is 1.92 bits per heavy atom. The van der Waals surface area contributed by atoms with Gasteiger partial charge < -0.3 is 19.3 Å². The Hall–Kier alpha value is -2.46. The molecule has 2 atom stereocenters. The lowest BCUT2D eigenvalue weighted by atomic mass is 10.2. The summed E-state index contributed by atoms with van der Waals surface area (Å²) >= 11 is 0. The maximum atomic E-state index is 12.4. The molecule has 4 heterocycles. The second-order valence-electron chi connectivity index (χ2n) is 6.76. The number of hydrogen-bond acceptors (Lipinski definition) is 8. The van der Waals surface area contributed by atoms with Crippen LogP contribution >= 0.6 is 0 Å². The van der Waals surface area contributed by atoms with Gasteiger partial charge in [0.05, 0.1) is 30.9 Å². The highest BCUT2D eigenvalue weighted by molar-refractivity contribution is 5.92. The first-order valence-electron chi connectivity index (χ1n) is 8.74. The van der Waals surface area contributed by atoms with Gasteiger partial charge in [-0.25, -0.2) is 20.2 Å². The number of hydrogen-bond donors (Lipinski definition) is 2. The van der Waals surface area contributed by atoms with E-state index in [1.807, 2.05) is 4.90 Å². The van der Waals surface area contributed by atoms with Gasteiger partial charge in [0.1, 0.15) is 6.10 Å². The van der Waals surface area contributed by atoms with Gasteiger partial charge in [-0.3, -0.25) is 10.0 Å². The van der Waals surface area contributed by atoms with E-state index < -0.39 is 5.91 Å². The molecule has 140 valence electrons. The minimum absolute atomic E-state index is 0.0555. The molecule has 10 heteroatoms. The summed E-state index contributed by atoms with van der Waals surface area (Å²) in [5, 5.41) is 8.63. The molecule has 0 spiro atoms. The predicted octanol–water partition coefficient (Wildman–Crippen LogP) is 0.174. The minimum atomic E-state index is -0.651. The molecule has 3 aliphatic rings. The van der Waals surface area contributed by atoms with Gasteiger partial charge in [0.25, 0.3) is 5.91 Å². The number of likely N-dealkylation sites (tertiary alicyclic amines) is 1. The third-order valence-electron chi connectivity index (χ3n) is 5.17. The molecule has 0 aromatic carbocycles. The van der Waals surface area contributed by atoms with Crippen molar-refractivity contribution >= 4 is 17.9 Å². The number of rotatable bonds is 3. The Kier molecular flexibility index (Phi) is 4.60. The smallest absolute Gasteiger partial charge is 0.410 e. The Morgan fingerprint density at radius 1 is 1.19 bits per heavy atom. The lowest BCUT2D eigenvalue weighted by Crippen LogP contribution is -2.50. The van der Waals surface area contributed by atoms with Crippen molar-refractivity contribution in [3.8, 4) is 0 Å². The molecule has 0 saturated carbocycles. The van der Waals surface area contributed by atoms with E-state index in [0.717, 1.165) is 19.3 Å². The lowest BCUT2D eigenvalue weighted by Gasteiger charge is -2.34. The fraction of sp³-hybridized carbons (Fsp3) is 0.625. The fourth-order valence-electron chi connectivity index (χ4n) is 3.79. The summed E-state index contributed by atoms with van der Waals surface area (Å²) in [5.41, 5.74) is 1.73. The van der Waals surface area contributed by atoms with E-state index in [0.29, 0.717) is 32.3 Å². The molecule has 3 fully saturated rings. The van der Waals surface area contributed by atoms with E-state index in [1.54, 1.807) is 10.4 Å². The Labute approximate surface area is 150 Å². The van der Waals surface area contributed by atoms with Gasteiger partial charge >= 0.3 is 6.09 Å². The molecule has 2 amide bonds. The van der Waals surface area contributed by atoms with Crippen LogP contribution in [0.3, 0.4) is 0 Å². The number of amides is 2. The zero-order valence-corrected chi connectivity index (χ0v) is 14.2. The van der Waals surface area contributed by atoms with Crippen LogP contribution in [0.15, 0.2) is 12.4 Å². The van der Waals surface area contributed by atoms with Gasteiger partial charge in [0, 0.05) is 38.3 Å². The van der Waals surface area contributed by atoms with Crippen LogP contribution in [0.1, 0.15) is 29.6 Å². The number of fused-ring (bicyclic) bond motifs is 2. The van der Waals surface area contributed by atoms with Crippen molar-refractivity contribution in [2.24, 2.45) is 0 Å². The molecular weight excluding hydrogens is 342 g/mol. The van der Waals surface area contributed by atoms with Gasteiger partial charge in [0.15, 0.2) is 0 Å². The maximum absolute atomic E-state index is 12.4. The molecule has 2 N–H and O–H groups in total. The summed E-state index contributed by atoms with van der Waals surface area (Å²) in [6.07, 6.45) is 4.79. The van der Waals surface area contributed by atoms with Crippen LogP contribution in [0.2, 0.25) is 0 Å². The molecule has 2 unspecified atom stereocenters. The van der Waals surface area contributed by atoms with E-state index in [2.05, 4.69) is 9.97 Å². The Bertz CT molecular complexity index is 678. The summed E-state index contributed by atoms with van der Waals surface area (Å²) in [6, 6.07) is 0.219. The lowest BCUT2D eigenvalue weighted by molar-refractivity contribution is -0.0118. The number of piperazine rings is 1. The molecule has 26 heavy (non-hydrogen) atoms. The highest BCUT2D eigenvalue weighted by Gasteiger charge is 2.47. The third-order valence-corrected chi connectivity index (χ3v) is 5.17. The third kappa shape index (κ3) is 3.17. The molecule has 4 rings (SSSR count). The quantitative estimate of drug-likeness (QED) is 0.577. The largest absolute Gasteiger partial charge is 0.446 e. The van der Waals surface area contributed by atoms with Gasteiger partial charge in [0.2, 0.25) is 5.95 Å². The molecule has 0 radical (unpaired) electrons. The van der Waals surface area contributed by atoms with E-state index in [9.17, 15) is 9.59 Å². The molecule has 1 aromatic heterocycles. The van der Waals surface area contributed by atoms with Crippen LogP contribution in [-0.4, -0.2) is 76.6 Å². The molecule has 3 saturated heterocycles. The molecule has 10 nitrogen and oxygen atoms in total. The van der Waals surface area contributed by atoms with Crippen molar-refractivity contribution < 1.29 is 24.3 Å². The number of hydroxylamine groups is 1. The Balaban J connectivity index is 1.35. The van der Waals surface area contributed by atoms with Crippen LogP contribution < -0.4 is 10.4 Å². The monoisotopic (exact) mass is 363 g/mol. The van der Waals surface area contributed by atoms with Crippen LogP contribution in [0.25, 0.3) is 0 Å². The molecule has 3 aliphatic heterocycles. The average Bonchev–Trinajstić information content (AvgIpc) is 3.29. The number of ether oxygens (including phenoxy) is 2.